The Labute approximate surface area is 187 Å². The maximum Gasteiger partial charge on any atom is 0.305 e. The van der Waals surface area contributed by atoms with E-state index in [4.69, 9.17) is 14.2 Å². The Morgan fingerprint density at radius 3 is 2.72 bits per heavy atom. The van der Waals surface area contributed by atoms with Gasteiger partial charge in [-0.25, -0.2) is 0 Å². The van der Waals surface area contributed by atoms with Gasteiger partial charge >= 0.3 is 5.97 Å². The van der Waals surface area contributed by atoms with Gasteiger partial charge in [0.25, 0.3) is 5.91 Å². The van der Waals surface area contributed by atoms with Crippen molar-refractivity contribution < 1.29 is 23.8 Å². The second kappa shape index (κ2) is 8.35. The molecule has 2 aromatic carbocycles. The van der Waals surface area contributed by atoms with Crippen LogP contribution in [0.15, 0.2) is 42.5 Å². The standard InChI is InChI=1S/C24H27N3O5/c1-30-22(28)7-4-12-26-13-10-24(11-14-26)25-19-6-3-2-5-18(19)23(29)27(24)17-8-9-20-21(15-17)32-16-31-20/h2-3,5-6,8-9,15,25H,4,7,10-14,16H2,1H3. The van der Waals surface area contributed by atoms with E-state index in [1.165, 1.54) is 7.11 Å². The third-order valence-electron chi connectivity index (χ3n) is 6.54. The molecular weight excluding hydrogens is 410 g/mol. The van der Waals surface area contributed by atoms with Crippen molar-refractivity contribution >= 4 is 23.3 Å². The molecule has 8 heteroatoms. The molecule has 1 saturated heterocycles. The predicted molar refractivity (Wildman–Crippen MR) is 119 cm³/mol. The zero-order valence-corrected chi connectivity index (χ0v) is 18.1. The number of methoxy groups -OCH3 is 1. The molecule has 1 fully saturated rings. The lowest BCUT2D eigenvalue weighted by atomic mass is 9.89. The van der Waals surface area contributed by atoms with Crippen molar-refractivity contribution in [1.82, 2.24) is 4.90 Å². The summed E-state index contributed by atoms with van der Waals surface area (Å²) in [6.45, 7) is 2.68. The molecule has 1 amide bonds. The van der Waals surface area contributed by atoms with Crippen molar-refractivity contribution in [3.05, 3.63) is 48.0 Å². The number of anilines is 2. The summed E-state index contributed by atoms with van der Waals surface area (Å²) in [5.41, 5.74) is 1.79. The maximum absolute atomic E-state index is 13.7. The van der Waals surface area contributed by atoms with Crippen molar-refractivity contribution in [3.63, 3.8) is 0 Å². The fourth-order valence-electron chi connectivity index (χ4n) is 4.83. The predicted octanol–water partition coefficient (Wildman–Crippen LogP) is 3.23. The van der Waals surface area contributed by atoms with Crippen molar-refractivity contribution in [1.29, 1.82) is 0 Å². The molecule has 1 spiro atoms. The highest BCUT2D eigenvalue weighted by Crippen LogP contribution is 2.43. The number of hydrogen-bond acceptors (Lipinski definition) is 7. The first kappa shape index (κ1) is 20.6. The van der Waals surface area contributed by atoms with Gasteiger partial charge in [0.05, 0.1) is 18.4 Å². The Bertz CT molecular complexity index is 1030. The number of carbonyl (C=O) groups is 2. The summed E-state index contributed by atoms with van der Waals surface area (Å²) in [6, 6.07) is 13.3. The molecular formula is C24H27N3O5. The normalized spacial score (nSPS) is 18.9. The van der Waals surface area contributed by atoms with Crippen molar-refractivity contribution in [2.75, 3.05) is 43.8 Å². The molecule has 0 atom stereocenters. The highest BCUT2D eigenvalue weighted by atomic mass is 16.7. The Morgan fingerprint density at radius 2 is 1.91 bits per heavy atom. The number of carbonyl (C=O) groups excluding carboxylic acids is 2. The Hall–Kier alpha value is -3.26. The summed E-state index contributed by atoms with van der Waals surface area (Å²) in [7, 11) is 1.42. The van der Waals surface area contributed by atoms with E-state index in [9.17, 15) is 9.59 Å². The van der Waals surface area contributed by atoms with Gasteiger partial charge in [-0.1, -0.05) is 12.1 Å². The largest absolute Gasteiger partial charge is 0.469 e. The summed E-state index contributed by atoms with van der Waals surface area (Å²) in [5, 5.41) is 3.70. The molecule has 3 aliphatic heterocycles. The van der Waals surface area contributed by atoms with Crippen LogP contribution in [-0.4, -0.2) is 56.0 Å². The lowest BCUT2D eigenvalue weighted by molar-refractivity contribution is -0.140. The van der Waals surface area contributed by atoms with Crippen LogP contribution >= 0.6 is 0 Å². The molecule has 0 aromatic heterocycles. The maximum atomic E-state index is 13.7. The lowest BCUT2D eigenvalue weighted by Crippen LogP contribution is -2.64. The molecule has 0 unspecified atom stereocenters. The Balaban J connectivity index is 1.41. The number of benzene rings is 2. The molecule has 168 valence electrons. The quantitative estimate of drug-likeness (QED) is 0.720. The van der Waals surface area contributed by atoms with Crippen LogP contribution in [0.3, 0.4) is 0 Å². The fourth-order valence-corrected chi connectivity index (χ4v) is 4.83. The van der Waals surface area contributed by atoms with Gasteiger partial charge in [-0.05, 0) is 37.2 Å². The van der Waals surface area contributed by atoms with E-state index in [1.54, 1.807) is 0 Å². The number of amides is 1. The summed E-state index contributed by atoms with van der Waals surface area (Å²) >= 11 is 0. The number of nitrogens with zero attached hydrogens (tertiary/aromatic N) is 2. The molecule has 5 rings (SSSR count). The van der Waals surface area contributed by atoms with Crippen LogP contribution < -0.4 is 19.7 Å². The number of para-hydroxylation sites is 1. The molecule has 2 aromatic rings. The van der Waals surface area contributed by atoms with E-state index in [0.717, 1.165) is 50.3 Å². The first-order valence-electron chi connectivity index (χ1n) is 11.0. The summed E-state index contributed by atoms with van der Waals surface area (Å²) < 4.78 is 15.8. The number of ether oxygens (including phenoxy) is 3. The van der Waals surface area contributed by atoms with Gasteiger partial charge in [-0.15, -0.1) is 0 Å². The number of hydrogen-bond donors (Lipinski definition) is 1. The van der Waals surface area contributed by atoms with E-state index < -0.39 is 5.66 Å². The third kappa shape index (κ3) is 3.64. The SMILES string of the molecule is COC(=O)CCCN1CCC2(CC1)Nc1ccccc1C(=O)N2c1ccc2c(c1)OCO2. The molecule has 0 aliphatic carbocycles. The Morgan fingerprint density at radius 1 is 1.12 bits per heavy atom. The molecule has 0 saturated carbocycles. The first-order chi connectivity index (χ1) is 15.6. The molecule has 32 heavy (non-hydrogen) atoms. The number of rotatable bonds is 5. The number of nitrogens with one attached hydrogen (secondary N) is 1. The van der Waals surface area contributed by atoms with Crippen LogP contribution in [0, 0.1) is 0 Å². The smallest absolute Gasteiger partial charge is 0.305 e. The molecule has 0 radical (unpaired) electrons. The average Bonchev–Trinajstić information content (AvgIpc) is 3.28. The van der Waals surface area contributed by atoms with Crippen molar-refractivity contribution in [3.8, 4) is 11.5 Å². The third-order valence-corrected chi connectivity index (χ3v) is 6.54. The zero-order valence-electron chi connectivity index (χ0n) is 18.1. The number of esters is 1. The second-order valence-corrected chi connectivity index (χ2v) is 8.40. The summed E-state index contributed by atoms with van der Waals surface area (Å²) in [5.74, 6) is 1.16. The number of piperidine rings is 1. The van der Waals surface area contributed by atoms with E-state index in [-0.39, 0.29) is 18.7 Å². The molecule has 8 nitrogen and oxygen atoms in total. The molecule has 0 bridgehead atoms. The van der Waals surface area contributed by atoms with Gasteiger partial charge in [0.15, 0.2) is 11.5 Å². The highest BCUT2D eigenvalue weighted by Gasteiger charge is 2.47. The van der Waals surface area contributed by atoms with E-state index in [1.807, 2.05) is 47.4 Å². The minimum absolute atomic E-state index is 0.0163. The number of fused-ring (bicyclic) bond motifs is 2. The lowest BCUT2D eigenvalue weighted by Gasteiger charge is -2.52. The van der Waals surface area contributed by atoms with Crippen LogP contribution in [0.1, 0.15) is 36.0 Å². The molecule has 3 heterocycles. The van der Waals surface area contributed by atoms with Gasteiger partial charge in [-0.3, -0.25) is 14.5 Å². The van der Waals surface area contributed by atoms with Gasteiger partial charge in [0, 0.05) is 44.1 Å². The van der Waals surface area contributed by atoms with E-state index in [0.29, 0.717) is 23.5 Å². The van der Waals surface area contributed by atoms with Crippen molar-refractivity contribution in [2.45, 2.75) is 31.3 Å². The van der Waals surface area contributed by atoms with E-state index >= 15 is 0 Å². The van der Waals surface area contributed by atoms with Crippen LogP contribution in [0.2, 0.25) is 0 Å². The fraction of sp³-hybridized carbons (Fsp3) is 0.417. The van der Waals surface area contributed by atoms with Gasteiger partial charge in [0.2, 0.25) is 6.79 Å². The topological polar surface area (TPSA) is 80.3 Å². The summed E-state index contributed by atoms with van der Waals surface area (Å²) in [4.78, 5) is 29.4. The first-order valence-corrected chi connectivity index (χ1v) is 11.0. The summed E-state index contributed by atoms with van der Waals surface area (Å²) in [6.07, 6.45) is 2.71. The van der Waals surface area contributed by atoms with Crippen LogP contribution in [0.4, 0.5) is 11.4 Å². The zero-order chi connectivity index (χ0) is 22.1. The van der Waals surface area contributed by atoms with Crippen LogP contribution in [0.5, 0.6) is 11.5 Å². The van der Waals surface area contributed by atoms with Gasteiger partial charge < -0.3 is 24.4 Å². The van der Waals surface area contributed by atoms with Crippen LogP contribution in [0.25, 0.3) is 0 Å². The van der Waals surface area contributed by atoms with E-state index in [2.05, 4.69) is 10.2 Å². The van der Waals surface area contributed by atoms with Gasteiger partial charge in [0.1, 0.15) is 5.66 Å². The van der Waals surface area contributed by atoms with Crippen molar-refractivity contribution in [2.24, 2.45) is 0 Å². The Kier molecular flexibility index (Phi) is 5.38. The minimum atomic E-state index is -0.530. The molecule has 1 N–H and O–H groups in total. The second-order valence-electron chi connectivity index (χ2n) is 8.40. The molecule has 3 aliphatic rings. The minimum Gasteiger partial charge on any atom is -0.469 e. The van der Waals surface area contributed by atoms with Crippen LogP contribution in [-0.2, 0) is 9.53 Å². The highest BCUT2D eigenvalue weighted by molar-refractivity contribution is 6.13. The average molecular weight is 437 g/mol. The van der Waals surface area contributed by atoms with Gasteiger partial charge in [-0.2, -0.15) is 0 Å². The number of likely N-dealkylation sites (tertiary alicyclic amines) is 1. The monoisotopic (exact) mass is 437 g/mol.